The van der Waals surface area contributed by atoms with Crippen molar-refractivity contribution < 1.29 is 9.53 Å². The molecule has 2 heterocycles. The number of amides is 1. The summed E-state index contributed by atoms with van der Waals surface area (Å²) < 4.78 is 7.49. The summed E-state index contributed by atoms with van der Waals surface area (Å²) >= 11 is 0. The maximum atomic E-state index is 13.3. The molecule has 1 N–H and O–H groups in total. The van der Waals surface area contributed by atoms with Gasteiger partial charge < -0.3 is 10.1 Å². The number of nitriles is 1. The highest BCUT2D eigenvalue weighted by Gasteiger charge is 2.19. The van der Waals surface area contributed by atoms with Crippen LogP contribution in [0.5, 0.6) is 11.5 Å². The van der Waals surface area contributed by atoms with E-state index in [0.29, 0.717) is 34.0 Å². The predicted octanol–water partition coefficient (Wildman–Crippen LogP) is 5.85. The second kappa shape index (κ2) is 9.73. The minimum Gasteiger partial charge on any atom is -0.457 e. The van der Waals surface area contributed by atoms with Gasteiger partial charge in [0.2, 0.25) is 0 Å². The molecule has 0 unspecified atom stereocenters. The number of benzene rings is 3. The zero-order valence-corrected chi connectivity index (χ0v) is 18.5. The number of pyridine rings is 1. The smallest absolute Gasteiger partial charge is 0.259 e. The van der Waals surface area contributed by atoms with Crippen molar-refractivity contribution in [2.75, 3.05) is 5.32 Å². The van der Waals surface area contributed by atoms with Crippen molar-refractivity contribution in [2.45, 2.75) is 0 Å². The first-order valence-corrected chi connectivity index (χ1v) is 10.8. The van der Waals surface area contributed by atoms with Gasteiger partial charge in [0.15, 0.2) is 0 Å². The third-order valence-corrected chi connectivity index (χ3v) is 5.23. The lowest BCUT2D eigenvalue weighted by Gasteiger charge is -2.08. The number of hydrogen-bond acceptors (Lipinski definition) is 5. The molecule has 5 aromatic rings. The van der Waals surface area contributed by atoms with Crippen LogP contribution in [-0.4, -0.2) is 20.7 Å². The summed E-state index contributed by atoms with van der Waals surface area (Å²) in [5, 5.41) is 16.6. The monoisotopic (exact) mass is 457 g/mol. The number of carbonyl (C=O) groups excluding carboxylic acids is 1. The molecule has 7 heteroatoms. The van der Waals surface area contributed by atoms with E-state index >= 15 is 0 Å². The van der Waals surface area contributed by atoms with Crippen molar-refractivity contribution in [2.24, 2.45) is 0 Å². The molecule has 0 atom stereocenters. The normalized spacial score (nSPS) is 10.4. The van der Waals surface area contributed by atoms with Crippen molar-refractivity contribution in [3.63, 3.8) is 0 Å². The highest BCUT2D eigenvalue weighted by atomic mass is 16.5. The van der Waals surface area contributed by atoms with Crippen LogP contribution in [0, 0.1) is 11.3 Å². The average Bonchev–Trinajstić information content (AvgIpc) is 3.37. The molecule has 5 rings (SSSR count). The maximum absolute atomic E-state index is 13.3. The SMILES string of the molecule is N#Cc1cccc(Oc2ccc(NC(=O)c3cn(-c4ccccc4)nc3-c3cccnc3)cc2)c1. The molecule has 0 saturated carbocycles. The van der Waals surface area contributed by atoms with Crippen LogP contribution in [0.25, 0.3) is 16.9 Å². The fourth-order valence-electron chi connectivity index (χ4n) is 3.54. The predicted molar refractivity (Wildman–Crippen MR) is 132 cm³/mol. The Hall–Kier alpha value is -5.22. The standard InChI is InChI=1S/C28H19N5O2/c29-17-20-6-4-10-25(16-20)35-24-13-11-22(12-14-24)31-28(34)26-19-33(23-8-2-1-3-9-23)32-27(26)21-7-5-15-30-18-21/h1-16,18-19H,(H,31,34). The molecule has 0 radical (unpaired) electrons. The van der Waals surface area contributed by atoms with E-state index in [4.69, 9.17) is 10.00 Å². The Kier molecular flexibility index (Phi) is 6.01. The van der Waals surface area contributed by atoms with Gasteiger partial charge in [-0.2, -0.15) is 10.4 Å². The molecule has 0 saturated heterocycles. The first-order valence-electron chi connectivity index (χ1n) is 10.8. The largest absolute Gasteiger partial charge is 0.457 e. The topological polar surface area (TPSA) is 92.8 Å². The molecule has 1 amide bonds. The molecule has 0 fully saturated rings. The van der Waals surface area contributed by atoms with Gasteiger partial charge in [-0.05, 0) is 66.7 Å². The van der Waals surface area contributed by atoms with Crippen molar-refractivity contribution in [1.29, 1.82) is 5.26 Å². The Labute approximate surface area is 201 Å². The van der Waals surface area contributed by atoms with Crippen LogP contribution in [0.1, 0.15) is 15.9 Å². The second-order valence-corrected chi connectivity index (χ2v) is 7.63. The molecule has 0 bridgehead atoms. The van der Waals surface area contributed by atoms with Gasteiger partial charge in [-0.25, -0.2) is 4.68 Å². The van der Waals surface area contributed by atoms with E-state index < -0.39 is 0 Å². The number of rotatable bonds is 6. The highest BCUT2D eigenvalue weighted by molar-refractivity contribution is 6.08. The lowest BCUT2D eigenvalue weighted by atomic mass is 10.1. The van der Waals surface area contributed by atoms with Gasteiger partial charge in [0.1, 0.15) is 17.2 Å². The van der Waals surface area contributed by atoms with E-state index in [2.05, 4.69) is 21.5 Å². The van der Waals surface area contributed by atoms with Crippen molar-refractivity contribution in [3.05, 3.63) is 121 Å². The first-order chi connectivity index (χ1) is 17.2. The lowest BCUT2D eigenvalue weighted by molar-refractivity contribution is 0.102. The van der Waals surface area contributed by atoms with Crippen molar-refractivity contribution >= 4 is 11.6 Å². The van der Waals surface area contributed by atoms with E-state index in [-0.39, 0.29) is 5.91 Å². The number of ether oxygens (including phenoxy) is 1. The van der Waals surface area contributed by atoms with Crippen LogP contribution in [0.15, 0.2) is 110 Å². The van der Waals surface area contributed by atoms with Gasteiger partial charge in [0.25, 0.3) is 5.91 Å². The summed E-state index contributed by atoms with van der Waals surface area (Å²) in [6.45, 7) is 0. The maximum Gasteiger partial charge on any atom is 0.259 e. The minimum absolute atomic E-state index is 0.290. The number of carbonyl (C=O) groups is 1. The van der Waals surface area contributed by atoms with E-state index in [1.165, 1.54) is 0 Å². The van der Waals surface area contributed by atoms with Crippen LogP contribution in [0.3, 0.4) is 0 Å². The Morgan fingerprint density at radius 2 is 1.74 bits per heavy atom. The summed E-state index contributed by atoms with van der Waals surface area (Å²) in [5.41, 5.74) is 3.69. The highest BCUT2D eigenvalue weighted by Crippen LogP contribution is 2.26. The summed E-state index contributed by atoms with van der Waals surface area (Å²) in [7, 11) is 0. The van der Waals surface area contributed by atoms with Crippen LogP contribution >= 0.6 is 0 Å². The van der Waals surface area contributed by atoms with E-state index in [9.17, 15) is 4.79 Å². The summed E-state index contributed by atoms with van der Waals surface area (Å²) in [6.07, 6.45) is 5.08. The van der Waals surface area contributed by atoms with Crippen LogP contribution in [0.4, 0.5) is 5.69 Å². The fraction of sp³-hybridized carbons (Fsp3) is 0. The summed E-state index contributed by atoms with van der Waals surface area (Å²) in [4.78, 5) is 17.4. The molecule has 7 nitrogen and oxygen atoms in total. The van der Waals surface area contributed by atoms with Gasteiger partial charge in [-0.3, -0.25) is 9.78 Å². The average molecular weight is 457 g/mol. The minimum atomic E-state index is -0.290. The molecule has 3 aromatic carbocycles. The molecular formula is C28H19N5O2. The Balaban J connectivity index is 1.38. The third-order valence-electron chi connectivity index (χ3n) is 5.23. The zero-order valence-electron chi connectivity index (χ0n) is 18.5. The zero-order chi connectivity index (χ0) is 24.0. The molecule has 2 aromatic heterocycles. The third kappa shape index (κ3) is 4.92. The number of aromatic nitrogens is 3. The molecule has 0 aliphatic carbocycles. The number of nitrogens with zero attached hydrogens (tertiary/aromatic N) is 4. The molecule has 0 aliphatic rings. The molecule has 168 valence electrons. The van der Waals surface area contributed by atoms with Crippen molar-refractivity contribution in [3.8, 4) is 34.5 Å². The summed E-state index contributed by atoms with van der Waals surface area (Å²) in [5.74, 6) is 0.864. The van der Waals surface area contributed by atoms with E-state index in [1.807, 2.05) is 42.5 Å². The number of anilines is 1. The Morgan fingerprint density at radius 1 is 0.914 bits per heavy atom. The fourth-order valence-corrected chi connectivity index (χ4v) is 3.54. The summed E-state index contributed by atoms with van der Waals surface area (Å²) in [6, 6.07) is 29.3. The number of hydrogen-bond donors (Lipinski definition) is 1. The van der Waals surface area contributed by atoms with Crippen LogP contribution in [-0.2, 0) is 0 Å². The first kappa shape index (κ1) is 21.6. The molecule has 0 spiro atoms. The Bertz CT molecular complexity index is 1510. The van der Waals surface area contributed by atoms with Gasteiger partial charge in [-0.1, -0.05) is 24.3 Å². The second-order valence-electron chi connectivity index (χ2n) is 7.63. The lowest BCUT2D eigenvalue weighted by Crippen LogP contribution is -2.12. The van der Waals surface area contributed by atoms with Crippen molar-refractivity contribution in [1.82, 2.24) is 14.8 Å². The number of para-hydroxylation sites is 1. The quantitative estimate of drug-likeness (QED) is 0.345. The number of nitrogens with one attached hydrogen (secondary N) is 1. The van der Waals surface area contributed by atoms with Crippen LogP contribution in [0.2, 0.25) is 0 Å². The van der Waals surface area contributed by atoms with Gasteiger partial charge in [0, 0.05) is 29.8 Å². The molecule has 35 heavy (non-hydrogen) atoms. The van der Waals surface area contributed by atoms with E-state index in [1.54, 1.807) is 71.8 Å². The van der Waals surface area contributed by atoms with Crippen LogP contribution < -0.4 is 10.1 Å². The van der Waals surface area contributed by atoms with Gasteiger partial charge >= 0.3 is 0 Å². The molecular weight excluding hydrogens is 438 g/mol. The van der Waals surface area contributed by atoms with Gasteiger partial charge in [0.05, 0.1) is 22.9 Å². The van der Waals surface area contributed by atoms with E-state index in [0.717, 1.165) is 11.3 Å². The Morgan fingerprint density at radius 3 is 2.49 bits per heavy atom. The molecule has 0 aliphatic heterocycles. The van der Waals surface area contributed by atoms with Gasteiger partial charge in [-0.15, -0.1) is 0 Å².